The Hall–Kier alpha value is -1.39. The zero-order valence-corrected chi connectivity index (χ0v) is 11.2. The number of hydrogen-bond donors (Lipinski definition) is 1. The molecular weight excluding hydrogens is 230 g/mol. The van der Waals surface area contributed by atoms with Crippen LogP contribution >= 0.6 is 0 Å². The predicted octanol–water partition coefficient (Wildman–Crippen LogP) is 1.58. The van der Waals surface area contributed by atoms with Crippen LogP contribution in [-0.4, -0.2) is 48.6 Å². The molecule has 0 saturated heterocycles. The molecule has 0 saturated carbocycles. The van der Waals surface area contributed by atoms with Gasteiger partial charge in [-0.3, -0.25) is 4.79 Å². The van der Waals surface area contributed by atoms with Gasteiger partial charge in [0, 0.05) is 13.1 Å². The number of aliphatic hydroxyl groups is 1. The van der Waals surface area contributed by atoms with Gasteiger partial charge < -0.3 is 14.7 Å². The SMILES string of the molecule is CC(=O)c1ccccc1OCCN(C)CC(C)O. The summed E-state index contributed by atoms with van der Waals surface area (Å²) in [5, 5.41) is 9.23. The summed E-state index contributed by atoms with van der Waals surface area (Å²) in [6.07, 6.45) is -0.348. The molecule has 0 radical (unpaired) electrons. The molecule has 18 heavy (non-hydrogen) atoms. The van der Waals surface area contributed by atoms with Crippen LogP contribution < -0.4 is 4.74 Å². The maximum absolute atomic E-state index is 11.4. The Morgan fingerprint density at radius 1 is 1.44 bits per heavy atom. The van der Waals surface area contributed by atoms with E-state index in [0.29, 0.717) is 31.0 Å². The van der Waals surface area contributed by atoms with Gasteiger partial charge in [0.2, 0.25) is 0 Å². The van der Waals surface area contributed by atoms with Crippen LogP contribution in [0.15, 0.2) is 24.3 Å². The number of para-hydroxylation sites is 1. The third-order valence-corrected chi connectivity index (χ3v) is 2.57. The van der Waals surface area contributed by atoms with Gasteiger partial charge >= 0.3 is 0 Å². The Kier molecular flexibility index (Phi) is 5.82. The number of nitrogens with zero attached hydrogens (tertiary/aromatic N) is 1. The number of Topliss-reactive ketones (excluding diaryl/α,β-unsaturated/α-hetero) is 1. The molecule has 1 aromatic rings. The van der Waals surface area contributed by atoms with E-state index in [0.717, 1.165) is 0 Å². The van der Waals surface area contributed by atoms with Crippen molar-refractivity contribution in [3.63, 3.8) is 0 Å². The van der Waals surface area contributed by atoms with Crippen molar-refractivity contribution in [2.24, 2.45) is 0 Å². The zero-order valence-electron chi connectivity index (χ0n) is 11.2. The molecule has 1 N–H and O–H groups in total. The summed E-state index contributed by atoms with van der Waals surface area (Å²) in [6.45, 7) is 5.09. The van der Waals surface area contributed by atoms with E-state index >= 15 is 0 Å². The third-order valence-electron chi connectivity index (χ3n) is 2.57. The second-order valence-electron chi connectivity index (χ2n) is 4.51. The fourth-order valence-corrected chi connectivity index (χ4v) is 1.74. The Morgan fingerprint density at radius 2 is 2.11 bits per heavy atom. The zero-order chi connectivity index (χ0) is 13.5. The molecule has 0 spiro atoms. The summed E-state index contributed by atoms with van der Waals surface area (Å²) < 4.78 is 5.61. The third kappa shape index (κ3) is 4.85. The lowest BCUT2D eigenvalue weighted by Gasteiger charge is -2.18. The lowest BCUT2D eigenvalue weighted by Crippen LogP contribution is -2.31. The second-order valence-corrected chi connectivity index (χ2v) is 4.51. The first-order chi connectivity index (χ1) is 8.50. The number of likely N-dealkylation sites (N-methyl/N-ethyl adjacent to an activating group) is 1. The molecule has 1 unspecified atom stereocenters. The molecular formula is C14H21NO3. The molecule has 0 bridgehead atoms. The number of carbonyl (C=O) groups excluding carboxylic acids is 1. The molecule has 4 nitrogen and oxygen atoms in total. The molecule has 4 heteroatoms. The van der Waals surface area contributed by atoms with Crippen molar-refractivity contribution in [3.8, 4) is 5.75 Å². The number of ketones is 1. The van der Waals surface area contributed by atoms with E-state index < -0.39 is 0 Å². The highest BCUT2D eigenvalue weighted by atomic mass is 16.5. The molecule has 0 aromatic heterocycles. The molecule has 0 aliphatic rings. The van der Waals surface area contributed by atoms with Crippen LogP contribution in [0, 0.1) is 0 Å². The molecule has 100 valence electrons. The summed E-state index contributed by atoms with van der Waals surface area (Å²) in [7, 11) is 1.92. The van der Waals surface area contributed by atoms with Gasteiger partial charge in [-0.25, -0.2) is 0 Å². The summed E-state index contributed by atoms with van der Waals surface area (Å²) in [6, 6.07) is 7.23. The van der Waals surface area contributed by atoms with E-state index in [1.54, 1.807) is 19.1 Å². The summed E-state index contributed by atoms with van der Waals surface area (Å²) in [5.41, 5.74) is 0.607. The highest BCUT2D eigenvalue weighted by Crippen LogP contribution is 2.18. The number of hydrogen-bond acceptors (Lipinski definition) is 4. The number of benzene rings is 1. The Bertz CT molecular complexity index is 390. The van der Waals surface area contributed by atoms with Crippen molar-refractivity contribution in [2.75, 3.05) is 26.7 Å². The van der Waals surface area contributed by atoms with E-state index in [1.165, 1.54) is 6.92 Å². The van der Waals surface area contributed by atoms with Crippen molar-refractivity contribution < 1.29 is 14.6 Å². The van der Waals surface area contributed by atoms with Crippen LogP contribution in [0.1, 0.15) is 24.2 Å². The van der Waals surface area contributed by atoms with Crippen LogP contribution in [0.5, 0.6) is 5.75 Å². The first-order valence-corrected chi connectivity index (χ1v) is 6.10. The monoisotopic (exact) mass is 251 g/mol. The van der Waals surface area contributed by atoms with Gasteiger partial charge in [-0.2, -0.15) is 0 Å². The van der Waals surface area contributed by atoms with Gasteiger partial charge in [-0.15, -0.1) is 0 Å². The first kappa shape index (κ1) is 14.7. The number of carbonyl (C=O) groups is 1. The maximum Gasteiger partial charge on any atom is 0.163 e. The van der Waals surface area contributed by atoms with Crippen LogP contribution in [0.4, 0.5) is 0 Å². The standard InChI is InChI=1S/C14H21NO3/c1-11(16)10-15(3)8-9-18-14-7-5-4-6-13(14)12(2)17/h4-7,11,16H,8-10H2,1-3H3. The van der Waals surface area contributed by atoms with Crippen LogP contribution in [0.3, 0.4) is 0 Å². The van der Waals surface area contributed by atoms with Gasteiger partial charge in [-0.1, -0.05) is 12.1 Å². The topological polar surface area (TPSA) is 49.8 Å². The van der Waals surface area contributed by atoms with Gasteiger partial charge in [-0.05, 0) is 33.0 Å². The maximum atomic E-state index is 11.4. The normalized spacial score (nSPS) is 12.5. The smallest absolute Gasteiger partial charge is 0.163 e. The quantitative estimate of drug-likeness (QED) is 0.748. The average Bonchev–Trinajstić information content (AvgIpc) is 2.28. The van der Waals surface area contributed by atoms with E-state index in [9.17, 15) is 9.90 Å². The fraction of sp³-hybridized carbons (Fsp3) is 0.500. The minimum absolute atomic E-state index is 0.00272. The first-order valence-electron chi connectivity index (χ1n) is 6.10. The number of ether oxygens (including phenoxy) is 1. The highest BCUT2D eigenvalue weighted by Gasteiger charge is 2.08. The average molecular weight is 251 g/mol. The number of rotatable bonds is 7. The van der Waals surface area contributed by atoms with Crippen molar-refractivity contribution >= 4 is 5.78 Å². The van der Waals surface area contributed by atoms with Crippen molar-refractivity contribution in [3.05, 3.63) is 29.8 Å². The van der Waals surface area contributed by atoms with Gasteiger partial charge in [0.1, 0.15) is 12.4 Å². The highest BCUT2D eigenvalue weighted by molar-refractivity contribution is 5.96. The van der Waals surface area contributed by atoms with Crippen molar-refractivity contribution in [2.45, 2.75) is 20.0 Å². The number of aliphatic hydroxyl groups excluding tert-OH is 1. The summed E-state index contributed by atoms with van der Waals surface area (Å²) >= 11 is 0. The molecule has 0 amide bonds. The Labute approximate surface area is 108 Å². The molecule has 0 aliphatic carbocycles. The predicted molar refractivity (Wildman–Crippen MR) is 71.1 cm³/mol. The Morgan fingerprint density at radius 3 is 2.72 bits per heavy atom. The minimum atomic E-state index is -0.348. The lowest BCUT2D eigenvalue weighted by molar-refractivity contribution is 0.101. The van der Waals surface area contributed by atoms with Crippen LogP contribution in [-0.2, 0) is 0 Å². The second kappa shape index (κ2) is 7.13. The molecule has 0 heterocycles. The summed E-state index contributed by atoms with van der Waals surface area (Å²) in [4.78, 5) is 13.4. The molecule has 0 aliphatic heterocycles. The Balaban J connectivity index is 2.46. The molecule has 1 aromatic carbocycles. The molecule has 0 fully saturated rings. The molecule has 1 rings (SSSR count). The van der Waals surface area contributed by atoms with Crippen LogP contribution in [0.2, 0.25) is 0 Å². The van der Waals surface area contributed by atoms with E-state index in [4.69, 9.17) is 4.74 Å². The van der Waals surface area contributed by atoms with Gasteiger partial charge in [0.05, 0.1) is 11.7 Å². The lowest BCUT2D eigenvalue weighted by atomic mass is 10.1. The van der Waals surface area contributed by atoms with Gasteiger partial charge in [0.25, 0.3) is 0 Å². The van der Waals surface area contributed by atoms with E-state index in [1.807, 2.05) is 24.1 Å². The van der Waals surface area contributed by atoms with Crippen molar-refractivity contribution in [1.29, 1.82) is 0 Å². The van der Waals surface area contributed by atoms with E-state index in [2.05, 4.69) is 0 Å². The summed E-state index contributed by atoms with van der Waals surface area (Å²) in [5.74, 6) is 0.624. The largest absolute Gasteiger partial charge is 0.491 e. The van der Waals surface area contributed by atoms with Crippen LogP contribution in [0.25, 0.3) is 0 Å². The van der Waals surface area contributed by atoms with Crippen molar-refractivity contribution in [1.82, 2.24) is 4.90 Å². The fourth-order valence-electron chi connectivity index (χ4n) is 1.74. The molecule has 1 atom stereocenters. The van der Waals surface area contributed by atoms with Gasteiger partial charge in [0.15, 0.2) is 5.78 Å². The van der Waals surface area contributed by atoms with E-state index in [-0.39, 0.29) is 11.9 Å². The minimum Gasteiger partial charge on any atom is -0.491 e.